The van der Waals surface area contributed by atoms with E-state index in [9.17, 15) is 0 Å². The highest BCUT2D eigenvalue weighted by atomic mass is 15.7. The van der Waals surface area contributed by atoms with Gasteiger partial charge in [-0.25, -0.2) is 0 Å². The Morgan fingerprint density at radius 3 is 1.74 bits per heavy atom. The maximum absolute atomic E-state index is 8.43. The largest absolute Gasteiger partial charge is 0.240 e. The molecule has 19 heavy (non-hydrogen) atoms. The fourth-order valence-electron chi connectivity index (χ4n) is 1.37. The van der Waals surface area contributed by atoms with Crippen LogP contribution in [0.5, 0.6) is 0 Å². The van der Waals surface area contributed by atoms with Crippen molar-refractivity contribution in [2.75, 3.05) is 0 Å². The number of azide groups is 2. The first kappa shape index (κ1) is 12.2. The Morgan fingerprint density at radius 1 is 0.947 bits per heavy atom. The summed E-state index contributed by atoms with van der Waals surface area (Å²) < 4.78 is 2.39. The summed E-state index contributed by atoms with van der Waals surface area (Å²) in [6.07, 6.45) is 0. The average molecular weight is 262 g/mol. The van der Waals surface area contributed by atoms with Crippen LogP contribution in [-0.2, 0) is 5.66 Å². The van der Waals surface area contributed by atoms with Crippen molar-refractivity contribution in [2.24, 2.45) is 10.2 Å². The van der Waals surface area contributed by atoms with Crippen molar-refractivity contribution in [2.45, 2.75) is 19.5 Å². The Bertz CT molecular complexity index is 618. The van der Waals surface area contributed by atoms with E-state index in [1.807, 2.05) is 0 Å². The van der Waals surface area contributed by atoms with Gasteiger partial charge in [0.1, 0.15) is 0 Å². The molecule has 0 saturated heterocycles. The van der Waals surface area contributed by atoms with Gasteiger partial charge in [0.15, 0.2) is 5.66 Å². The standard InChI is InChI=1S/C5H6N14/c1-5(2,18-3(8-12-6)10-14-16-18)19-4(9-13-7)11-15-17-19/h1-2H3. The van der Waals surface area contributed by atoms with Crippen LogP contribution in [0.4, 0.5) is 11.9 Å². The summed E-state index contributed by atoms with van der Waals surface area (Å²) in [5.41, 5.74) is 15.8. The minimum Gasteiger partial charge on any atom is -0.196 e. The maximum atomic E-state index is 8.43. The molecule has 2 aromatic heterocycles. The third kappa shape index (κ3) is 1.99. The van der Waals surface area contributed by atoms with E-state index in [1.165, 1.54) is 9.36 Å². The van der Waals surface area contributed by atoms with Gasteiger partial charge < -0.3 is 0 Å². The summed E-state index contributed by atoms with van der Waals surface area (Å²) in [7, 11) is 0. The van der Waals surface area contributed by atoms with Gasteiger partial charge >= 0.3 is 0 Å². The molecule has 0 atom stereocenters. The Kier molecular flexibility index (Phi) is 2.93. The van der Waals surface area contributed by atoms with E-state index in [-0.39, 0.29) is 11.9 Å². The minimum absolute atomic E-state index is 0.0742. The number of hydrogen-bond donors (Lipinski definition) is 0. The smallest absolute Gasteiger partial charge is 0.196 e. The molecule has 0 amide bonds. The quantitative estimate of drug-likeness (QED) is 0.444. The van der Waals surface area contributed by atoms with Gasteiger partial charge in [0, 0.05) is 9.82 Å². The van der Waals surface area contributed by atoms with Gasteiger partial charge in [-0.2, -0.15) is 9.36 Å². The third-order valence-corrected chi connectivity index (χ3v) is 2.21. The fourth-order valence-corrected chi connectivity index (χ4v) is 1.37. The Hall–Kier alpha value is -3.24. The third-order valence-electron chi connectivity index (χ3n) is 2.21. The Labute approximate surface area is 104 Å². The van der Waals surface area contributed by atoms with Crippen molar-refractivity contribution in [3.05, 3.63) is 20.9 Å². The van der Waals surface area contributed by atoms with Crippen LogP contribution < -0.4 is 0 Å². The summed E-state index contributed by atoms with van der Waals surface area (Å²) in [5.74, 6) is -0.148. The van der Waals surface area contributed by atoms with Crippen LogP contribution in [0.25, 0.3) is 20.9 Å². The molecule has 0 aliphatic heterocycles. The molecule has 0 N–H and O–H groups in total. The number of hydrogen-bond acceptors (Lipinski definition) is 8. The van der Waals surface area contributed by atoms with Crippen molar-refractivity contribution < 1.29 is 0 Å². The van der Waals surface area contributed by atoms with Crippen LogP contribution in [-0.4, -0.2) is 40.4 Å². The number of rotatable bonds is 4. The fraction of sp³-hybridized carbons (Fsp3) is 0.600. The molecule has 2 aromatic rings. The van der Waals surface area contributed by atoms with Crippen LogP contribution in [0.3, 0.4) is 0 Å². The predicted molar refractivity (Wildman–Crippen MR) is 58.0 cm³/mol. The van der Waals surface area contributed by atoms with E-state index in [0.29, 0.717) is 0 Å². The number of nitrogens with zero attached hydrogens (tertiary/aromatic N) is 14. The molecule has 0 radical (unpaired) electrons. The molecule has 14 nitrogen and oxygen atoms in total. The number of aromatic nitrogens is 8. The molecule has 0 aliphatic carbocycles. The van der Waals surface area contributed by atoms with Gasteiger partial charge in [0.05, 0.1) is 0 Å². The topological polar surface area (TPSA) is 185 Å². The van der Waals surface area contributed by atoms with Gasteiger partial charge in [-0.1, -0.05) is 0 Å². The molecule has 2 heterocycles. The van der Waals surface area contributed by atoms with Gasteiger partial charge in [-0.3, -0.25) is 0 Å². The molecule has 0 aliphatic rings. The molecule has 14 heteroatoms. The molecular weight excluding hydrogens is 256 g/mol. The van der Waals surface area contributed by atoms with Crippen LogP contribution in [0.1, 0.15) is 13.8 Å². The highest BCUT2D eigenvalue weighted by Crippen LogP contribution is 2.24. The zero-order valence-electron chi connectivity index (χ0n) is 9.76. The summed E-state index contributed by atoms with van der Waals surface area (Å²) in [6.45, 7) is 3.29. The molecule has 0 bridgehead atoms. The SMILES string of the molecule is CC(C)(n1nnnc1N=[N+]=[N-])n1nnnc1N=[N+]=[N-]. The van der Waals surface area contributed by atoms with Gasteiger partial charge in [0.2, 0.25) is 11.9 Å². The lowest BCUT2D eigenvalue weighted by Gasteiger charge is -2.24. The Morgan fingerprint density at radius 2 is 1.37 bits per heavy atom. The maximum Gasteiger partial charge on any atom is 0.240 e. The second-order valence-electron chi connectivity index (χ2n) is 3.65. The molecule has 0 aromatic carbocycles. The van der Waals surface area contributed by atoms with Crippen molar-refractivity contribution in [1.29, 1.82) is 0 Å². The molecule has 0 spiro atoms. The van der Waals surface area contributed by atoms with E-state index >= 15 is 0 Å². The molecular formula is C5H6N14. The first-order valence-corrected chi connectivity index (χ1v) is 4.79. The van der Waals surface area contributed by atoms with E-state index in [2.05, 4.69) is 51.1 Å². The number of tetrazole rings is 2. The van der Waals surface area contributed by atoms with Crippen LogP contribution in [0.2, 0.25) is 0 Å². The minimum atomic E-state index is -1.04. The normalized spacial score (nSPS) is 10.6. The molecule has 0 unspecified atom stereocenters. The zero-order chi connectivity index (χ0) is 13.9. The first-order valence-electron chi connectivity index (χ1n) is 4.79. The lowest BCUT2D eigenvalue weighted by molar-refractivity contribution is 0.231. The first-order chi connectivity index (χ1) is 9.11. The van der Waals surface area contributed by atoms with Gasteiger partial charge in [-0.15, -0.1) is 10.2 Å². The summed E-state index contributed by atoms with van der Waals surface area (Å²) >= 11 is 0. The summed E-state index contributed by atoms with van der Waals surface area (Å²) in [5, 5.41) is 28.0. The van der Waals surface area contributed by atoms with E-state index in [1.54, 1.807) is 13.8 Å². The Balaban J connectivity index is 2.58. The van der Waals surface area contributed by atoms with E-state index < -0.39 is 5.66 Å². The van der Waals surface area contributed by atoms with Crippen molar-refractivity contribution in [3.63, 3.8) is 0 Å². The van der Waals surface area contributed by atoms with Crippen molar-refractivity contribution in [1.82, 2.24) is 40.4 Å². The van der Waals surface area contributed by atoms with E-state index in [0.717, 1.165) is 0 Å². The summed E-state index contributed by atoms with van der Waals surface area (Å²) in [4.78, 5) is 5.22. The van der Waals surface area contributed by atoms with Gasteiger partial charge in [-0.05, 0) is 56.0 Å². The molecule has 96 valence electrons. The second kappa shape index (κ2) is 4.56. The predicted octanol–water partition coefficient (Wildman–Crippen LogP) is 0.784. The average Bonchev–Trinajstić information content (AvgIpc) is 2.99. The zero-order valence-corrected chi connectivity index (χ0v) is 9.76. The highest BCUT2D eigenvalue weighted by molar-refractivity contribution is 5.17. The molecule has 0 saturated carbocycles. The summed E-state index contributed by atoms with van der Waals surface area (Å²) in [6, 6.07) is 0. The van der Waals surface area contributed by atoms with E-state index in [4.69, 9.17) is 11.1 Å². The van der Waals surface area contributed by atoms with Crippen molar-refractivity contribution in [3.8, 4) is 0 Å². The molecule has 0 fully saturated rings. The van der Waals surface area contributed by atoms with Gasteiger partial charge in [0.25, 0.3) is 0 Å². The molecule has 2 rings (SSSR count). The van der Waals surface area contributed by atoms with Crippen LogP contribution in [0.15, 0.2) is 10.2 Å². The lowest BCUT2D eigenvalue weighted by Crippen LogP contribution is -2.36. The van der Waals surface area contributed by atoms with Crippen molar-refractivity contribution >= 4 is 11.9 Å². The lowest BCUT2D eigenvalue weighted by atomic mass is 10.2. The monoisotopic (exact) mass is 262 g/mol. The second-order valence-corrected chi connectivity index (χ2v) is 3.65. The van der Waals surface area contributed by atoms with Crippen LogP contribution in [0, 0.1) is 0 Å². The van der Waals surface area contributed by atoms with Crippen LogP contribution >= 0.6 is 0 Å². The highest BCUT2D eigenvalue weighted by Gasteiger charge is 2.30.